The Morgan fingerprint density at radius 2 is 1.71 bits per heavy atom. The monoisotopic (exact) mass is 296 g/mol. The van der Waals surface area contributed by atoms with Crippen LogP contribution in [0.1, 0.15) is 22.3 Å². The van der Waals surface area contributed by atoms with Gasteiger partial charge in [0.15, 0.2) is 0 Å². The van der Waals surface area contributed by atoms with Crippen LogP contribution < -0.4 is 0 Å². The minimum absolute atomic E-state index is 0.222. The molecule has 0 bridgehead atoms. The maximum Gasteiger partial charge on any atom is 0.135 e. The lowest BCUT2D eigenvalue weighted by Crippen LogP contribution is -1.90. The number of hydrogen-bond acceptors (Lipinski definition) is 2. The second-order valence-electron chi connectivity index (χ2n) is 5.21. The molecule has 0 aliphatic rings. The number of para-hydroxylation sites is 1. The largest absolute Gasteiger partial charge is 0.469 e. The van der Waals surface area contributed by atoms with Crippen LogP contribution in [0.4, 0.5) is 0 Å². The first-order chi connectivity index (χ1) is 10.2. The van der Waals surface area contributed by atoms with Gasteiger partial charge in [0.2, 0.25) is 0 Å². The van der Waals surface area contributed by atoms with Gasteiger partial charge in [-0.15, -0.1) is 11.6 Å². The topological polar surface area (TPSA) is 26.3 Å². The summed E-state index contributed by atoms with van der Waals surface area (Å²) in [5.41, 5.74) is 3.79. The van der Waals surface area contributed by atoms with Crippen molar-refractivity contribution in [2.45, 2.75) is 12.3 Å². The predicted molar refractivity (Wildman–Crippen MR) is 84.9 cm³/mol. The van der Waals surface area contributed by atoms with Gasteiger partial charge in [-0.25, -0.2) is 0 Å². The van der Waals surface area contributed by atoms with Crippen LogP contribution in [0.3, 0.4) is 0 Å². The van der Waals surface area contributed by atoms with E-state index in [0.29, 0.717) is 0 Å². The Morgan fingerprint density at radius 3 is 2.52 bits per heavy atom. The van der Waals surface area contributed by atoms with E-state index in [1.807, 2.05) is 43.3 Å². The van der Waals surface area contributed by atoms with Gasteiger partial charge < -0.3 is 8.83 Å². The van der Waals surface area contributed by atoms with E-state index in [4.69, 9.17) is 20.4 Å². The van der Waals surface area contributed by atoms with Crippen LogP contribution in [-0.2, 0) is 0 Å². The Kier molecular flexibility index (Phi) is 2.79. The van der Waals surface area contributed by atoms with Crippen LogP contribution >= 0.6 is 11.6 Å². The number of aryl methyl sites for hydroxylation is 1. The summed E-state index contributed by atoms with van der Waals surface area (Å²) >= 11 is 6.57. The Hall–Kier alpha value is -2.19. The maximum atomic E-state index is 6.57. The number of fused-ring (bicyclic) bond motifs is 3. The summed E-state index contributed by atoms with van der Waals surface area (Å²) < 4.78 is 11.2. The van der Waals surface area contributed by atoms with Crippen molar-refractivity contribution >= 4 is 33.5 Å². The van der Waals surface area contributed by atoms with Crippen molar-refractivity contribution in [2.24, 2.45) is 0 Å². The minimum Gasteiger partial charge on any atom is -0.469 e. The molecule has 104 valence electrons. The van der Waals surface area contributed by atoms with Crippen LogP contribution in [-0.4, -0.2) is 0 Å². The lowest BCUT2D eigenvalue weighted by molar-refractivity contribution is 0.532. The van der Waals surface area contributed by atoms with Crippen molar-refractivity contribution in [1.29, 1.82) is 0 Å². The molecule has 0 amide bonds. The summed E-state index contributed by atoms with van der Waals surface area (Å²) in [6, 6.07) is 16.1. The van der Waals surface area contributed by atoms with Crippen molar-refractivity contribution in [3.63, 3.8) is 0 Å². The molecule has 1 unspecified atom stereocenters. The first-order valence-electron chi connectivity index (χ1n) is 6.83. The van der Waals surface area contributed by atoms with Gasteiger partial charge in [-0.2, -0.15) is 0 Å². The summed E-state index contributed by atoms with van der Waals surface area (Å²) in [7, 11) is 0. The van der Waals surface area contributed by atoms with Crippen LogP contribution in [0.25, 0.3) is 21.9 Å². The van der Waals surface area contributed by atoms with Crippen LogP contribution in [0.2, 0.25) is 0 Å². The van der Waals surface area contributed by atoms with Crippen molar-refractivity contribution < 1.29 is 8.83 Å². The minimum atomic E-state index is -0.222. The summed E-state index contributed by atoms with van der Waals surface area (Å²) in [4.78, 5) is 0. The van der Waals surface area contributed by atoms with E-state index in [-0.39, 0.29) is 5.38 Å². The fourth-order valence-corrected chi connectivity index (χ4v) is 2.94. The lowest BCUT2D eigenvalue weighted by Gasteiger charge is -2.07. The number of alkyl halides is 1. The molecule has 0 N–H and O–H groups in total. The molecular weight excluding hydrogens is 284 g/mol. The molecule has 0 radical (unpaired) electrons. The predicted octanol–water partition coefficient (Wildman–Crippen LogP) is 5.82. The zero-order valence-corrected chi connectivity index (χ0v) is 12.2. The van der Waals surface area contributed by atoms with Crippen LogP contribution in [0.15, 0.2) is 63.6 Å². The molecule has 2 nitrogen and oxygen atoms in total. The lowest BCUT2D eigenvalue weighted by atomic mass is 10.0. The Labute approximate surface area is 126 Å². The molecule has 3 heteroatoms. The van der Waals surface area contributed by atoms with E-state index in [0.717, 1.165) is 38.8 Å². The standard InChI is InChI=1S/C18H13ClO2/c1-11-8-13(10-20-11)18(19)12-6-7-17-15(9-12)14-4-2-3-5-16(14)21-17/h2-10,18H,1H3. The number of halogens is 1. The van der Waals surface area contributed by atoms with Crippen molar-refractivity contribution in [3.05, 3.63) is 71.7 Å². The fourth-order valence-electron chi connectivity index (χ4n) is 2.69. The zero-order valence-electron chi connectivity index (χ0n) is 11.5. The Balaban J connectivity index is 1.88. The molecule has 2 heterocycles. The molecule has 0 aliphatic carbocycles. The third-order valence-electron chi connectivity index (χ3n) is 3.74. The quantitative estimate of drug-likeness (QED) is 0.436. The van der Waals surface area contributed by atoms with Gasteiger partial charge in [-0.1, -0.05) is 24.3 Å². The van der Waals surface area contributed by atoms with Gasteiger partial charge >= 0.3 is 0 Å². The van der Waals surface area contributed by atoms with Gasteiger partial charge in [-0.3, -0.25) is 0 Å². The molecule has 0 spiro atoms. The second kappa shape index (κ2) is 4.68. The zero-order chi connectivity index (χ0) is 14.4. The van der Waals surface area contributed by atoms with Crippen LogP contribution in [0.5, 0.6) is 0 Å². The SMILES string of the molecule is Cc1cc(C(Cl)c2ccc3oc4ccccc4c3c2)co1. The van der Waals surface area contributed by atoms with E-state index in [1.165, 1.54) is 0 Å². The smallest absolute Gasteiger partial charge is 0.135 e. The van der Waals surface area contributed by atoms with E-state index < -0.39 is 0 Å². The maximum absolute atomic E-state index is 6.57. The number of benzene rings is 2. The van der Waals surface area contributed by atoms with E-state index >= 15 is 0 Å². The van der Waals surface area contributed by atoms with Gasteiger partial charge in [0, 0.05) is 16.3 Å². The molecule has 4 aromatic rings. The van der Waals surface area contributed by atoms with E-state index in [2.05, 4.69) is 12.1 Å². The van der Waals surface area contributed by atoms with E-state index in [9.17, 15) is 0 Å². The summed E-state index contributed by atoms with van der Waals surface area (Å²) in [6.07, 6.45) is 1.71. The highest BCUT2D eigenvalue weighted by Crippen LogP contribution is 2.35. The first kappa shape index (κ1) is 12.5. The van der Waals surface area contributed by atoms with Crippen molar-refractivity contribution in [3.8, 4) is 0 Å². The van der Waals surface area contributed by atoms with Crippen LogP contribution in [0, 0.1) is 6.92 Å². The van der Waals surface area contributed by atoms with Crippen molar-refractivity contribution in [2.75, 3.05) is 0 Å². The molecule has 2 aromatic heterocycles. The highest BCUT2D eigenvalue weighted by molar-refractivity contribution is 6.22. The number of rotatable bonds is 2. The fraction of sp³-hybridized carbons (Fsp3) is 0.111. The summed E-state index contributed by atoms with van der Waals surface area (Å²) in [5.74, 6) is 0.866. The molecule has 0 saturated heterocycles. The molecule has 0 fully saturated rings. The third-order valence-corrected chi connectivity index (χ3v) is 4.24. The summed E-state index contributed by atoms with van der Waals surface area (Å²) in [6.45, 7) is 1.92. The second-order valence-corrected chi connectivity index (χ2v) is 5.64. The molecule has 0 saturated carbocycles. The summed E-state index contributed by atoms with van der Waals surface area (Å²) in [5, 5.41) is 1.98. The van der Waals surface area contributed by atoms with E-state index in [1.54, 1.807) is 6.26 Å². The number of hydrogen-bond donors (Lipinski definition) is 0. The third kappa shape index (κ3) is 2.03. The average molecular weight is 297 g/mol. The number of furan rings is 2. The normalized spacial score (nSPS) is 13.0. The van der Waals surface area contributed by atoms with Gasteiger partial charge in [0.1, 0.15) is 16.9 Å². The highest BCUT2D eigenvalue weighted by atomic mass is 35.5. The van der Waals surface area contributed by atoms with Gasteiger partial charge in [-0.05, 0) is 36.8 Å². The van der Waals surface area contributed by atoms with Gasteiger partial charge in [0.05, 0.1) is 11.6 Å². The molecule has 21 heavy (non-hydrogen) atoms. The highest BCUT2D eigenvalue weighted by Gasteiger charge is 2.15. The molecular formula is C18H13ClO2. The first-order valence-corrected chi connectivity index (χ1v) is 7.26. The molecule has 2 aromatic carbocycles. The average Bonchev–Trinajstić information content (AvgIpc) is 3.09. The van der Waals surface area contributed by atoms with Crippen molar-refractivity contribution in [1.82, 2.24) is 0 Å². The molecule has 1 atom stereocenters. The van der Waals surface area contributed by atoms with Gasteiger partial charge in [0.25, 0.3) is 0 Å². The Bertz CT molecular complexity index is 933. The molecule has 4 rings (SSSR count). The Morgan fingerprint density at radius 1 is 0.905 bits per heavy atom. The molecule has 0 aliphatic heterocycles.